The molecule has 6 heteroatoms. The van der Waals surface area contributed by atoms with Crippen molar-refractivity contribution in [1.29, 1.82) is 0 Å². The van der Waals surface area contributed by atoms with Crippen LogP contribution >= 0.6 is 11.6 Å². The number of anilines is 1. The van der Waals surface area contributed by atoms with Crippen LogP contribution in [0.25, 0.3) is 0 Å². The molecule has 23 heavy (non-hydrogen) atoms. The third-order valence-electron chi connectivity index (χ3n) is 3.31. The minimum atomic E-state index is -0.545. The third kappa shape index (κ3) is 5.23. The van der Waals surface area contributed by atoms with Crippen LogP contribution in [-0.2, 0) is 11.3 Å². The lowest BCUT2D eigenvalue weighted by Crippen LogP contribution is -3.08. The van der Waals surface area contributed by atoms with Crippen molar-refractivity contribution < 1.29 is 18.8 Å². The molecule has 2 aromatic carbocycles. The van der Waals surface area contributed by atoms with Gasteiger partial charge < -0.3 is 15.0 Å². The molecular formula is C17H19ClFN2O2+. The zero-order valence-corrected chi connectivity index (χ0v) is 13.8. The summed E-state index contributed by atoms with van der Waals surface area (Å²) in [5, 5.41) is 2.85. The van der Waals surface area contributed by atoms with E-state index in [0.717, 1.165) is 16.2 Å². The molecule has 0 spiro atoms. The van der Waals surface area contributed by atoms with E-state index in [2.05, 4.69) is 5.32 Å². The van der Waals surface area contributed by atoms with Crippen LogP contribution in [0.3, 0.4) is 0 Å². The summed E-state index contributed by atoms with van der Waals surface area (Å²) in [5.41, 5.74) is 1.20. The van der Waals surface area contributed by atoms with Gasteiger partial charge in [-0.2, -0.15) is 0 Å². The predicted molar refractivity (Wildman–Crippen MR) is 88.5 cm³/mol. The van der Waals surface area contributed by atoms with Crippen LogP contribution in [0, 0.1) is 5.82 Å². The number of likely N-dealkylation sites (N-methyl/N-ethyl adjacent to an activating group) is 1. The molecule has 0 bridgehead atoms. The van der Waals surface area contributed by atoms with Crippen molar-refractivity contribution in [3.8, 4) is 5.75 Å². The number of carbonyl (C=O) groups is 1. The van der Waals surface area contributed by atoms with Gasteiger partial charge in [0.2, 0.25) is 0 Å². The smallest absolute Gasteiger partial charge is 0.279 e. The maximum Gasteiger partial charge on any atom is 0.279 e. The molecule has 1 atom stereocenters. The van der Waals surface area contributed by atoms with Crippen molar-refractivity contribution in [3.05, 3.63) is 58.9 Å². The minimum absolute atomic E-state index is 0.133. The van der Waals surface area contributed by atoms with Crippen LogP contribution in [0.4, 0.5) is 10.1 Å². The van der Waals surface area contributed by atoms with Crippen molar-refractivity contribution in [1.82, 2.24) is 0 Å². The fourth-order valence-electron chi connectivity index (χ4n) is 2.25. The number of halogens is 2. The molecule has 1 unspecified atom stereocenters. The first-order chi connectivity index (χ1) is 11.0. The van der Waals surface area contributed by atoms with Crippen molar-refractivity contribution in [2.45, 2.75) is 6.54 Å². The van der Waals surface area contributed by atoms with Gasteiger partial charge in [0.1, 0.15) is 18.1 Å². The number of carbonyl (C=O) groups excluding carboxylic acids is 1. The maximum absolute atomic E-state index is 13.7. The van der Waals surface area contributed by atoms with E-state index in [0.29, 0.717) is 11.6 Å². The van der Waals surface area contributed by atoms with Crippen molar-refractivity contribution in [2.75, 3.05) is 26.0 Å². The Morgan fingerprint density at radius 1 is 1.30 bits per heavy atom. The Morgan fingerprint density at radius 3 is 2.78 bits per heavy atom. The molecule has 0 radical (unpaired) electrons. The van der Waals surface area contributed by atoms with E-state index < -0.39 is 5.82 Å². The molecule has 0 heterocycles. The van der Waals surface area contributed by atoms with Crippen LogP contribution in [0.2, 0.25) is 5.02 Å². The van der Waals surface area contributed by atoms with Gasteiger partial charge >= 0.3 is 0 Å². The molecule has 0 aliphatic heterocycles. The van der Waals surface area contributed by atoms with Crippen molar-refractivity contribution >= 4 is 23.2 Å². The highest BCUT2D eigenvalue weighted by Gasteiger charge is 2.13. The standard InChI is InChI=1S/C17H18ClFN2O2/c1-21(10-12-4-3-5-14(8-12)23-2)11-17(22)20-16-7-6-13(18)9-15(16)19/h3-9H,10-11H2,1-2H3,(H,20,22)/p+1. The lowest BCUT2D eigenvalue weighted by molar-refractivity contribution is -0.885. The summed E-state index contributed by atoms with van der Waals surface area (Å²) in [5.74, 6) is -0.0223. The van der Waals surface area contributed by atoms with Crippen LogP contribution < -0.4 is 15.0 Å². The van der Waals surface area contributed by atoms with Gasteiger partial charge in [-0.05, 0) is 30.3 Å². The molecule has 122 valence electrons. The van der Waals surface area contributed by atoms with E-state index in [4.69, 9.17) is 16.3 Å². The fraction of sp³-hybridized carbons (Fsp3) is 0.235. The number of amides is 1. The molecule has 1 amide bonds. The average Bonchev–Trinajstić information content (AvgIpc) is 2.50. The molecule has 0 aromatic heterocycles. The van der Waals surface area contributed by atoms with Gasteiger partial charge in [-0.3, -0.25) is 4.79 Å². The Morgan fingerprint density at radius 2 is 2.09 bits per heavy atom. The molecule has 2 aromatic rings. The second-order valence-electron chi connectivity index (χ2n) is 5.33. The molecular weight excluding hydrogens is 319 g/mol. The topological polar surface area (TPSA) is 42.8 Å². The van der Waals surface area contributed by atoms with Gasteiger partial charge in [-0.1, -0.05) is 23.7 Å². The summed E-state index contributed by atoms with van der Waals surface area (Å²) in [4.78, 5) is 13.0. The summed E-state index contributed by atoms with van der Waals surface area (Å²) in [7, 11) is 3.51. The number of hydrogen-bond acceptors (Lipinski definition) is 2. The predicted octanol–water partition coefficient (Wildman–Crippen LogP) is 2.14. The summed E-state index contributed by atoms with van der Waals surface area (Å²) >= 11 is 5.69. The van der Waals surface area contributed by atoms with E-state index in [-0.39, 0.29) is 18.1 Å². The van der Waals surface area contributed by atoms with Gasteiger partial charge in [-0.25, -0.2) is 4.39 Å². The molecule has 4 nitrogen and oxygen atoms in total. The second kappa shape index (κ2) is 7.94. The Labute approximate surface area is 139 Å². The van der Waals surface area contributed by atoms with Gasteiger partial charge in [0.15, 0.2) is 6.54 Å². The Balaban J connectivity index is 1.91. The lowest BCUT2D eigenvalue weighted by atomic mass is 10.2. The zero-order chi connectivity index (χ0) is 16.8. The van der Waals surface area contributed by atoms with Crippen LogP contribution in [-0.4, -0.2) is 26.6 Å². The number of nitrogens with one attached hydrogen (secondary N) is 2. The van der Waals surface area contributed by atoms with Crippen LogP contribution in [0.15, 0.2) is 42.5 Å². The van der Waals surface area contributed by atoms with Crippen molar-refractivity contribution in [3.63, 3.8) is 0 Å². The van der Waals surface area contributed by atoms with E-state index >= 15 is 0 Å². The quantitative estimate of drug-likeness (QED) is 0.848. The number of quaternary nitrogens is 1. The number of hydrogen-bond donors (Lipinski definition) is 2. The van der Waals surface area contributed by atoms with Gasteiger partial charge in [0, 0.05) is 10.6 Å². The molecule has 2 N–H and O–H groups in total. The largest absolute Gasteiger partial charge is 0.497 e. The molecule has 0 aliphatic carbocycles. The summed E-state index contributed by atoms with van der Waals surface area (Å²) < 4.78 is 18.8. The highest BCUT2D eigenvalue weighted by atomic mass is 35.5. The number of ether oxygens (including phenoxy) is 1. The van der Waals surface area contributed by atoms with E-state index in [1.165, 1.54) is 18.2 Å². The van der Waals surface area contributed by atoms with Crippen molar-refractivity contribution in [2.24, 2.45) is 0 Å². The first-order valence-corrected chi connectivity index (χ1v) is 7.55. The first-order valence-electron chi connectivity index (χ1n) is 7.17. The zero-order valence-electron chi connectivity index (χ0n) is 13.0. The first kappa shape index (κ1) is 17.2. The Kier molecular flexibility index (Phi) is 5.96. The minimum Gasteiger partial charge on any atom is -0.497 e. The molecule has 0 aliphatic rings. The molecule has 0 fully saturated rings. The van der Waals surface area contributed by atoms with Gasteiger partial charge in [-0.15, -0.1) is 0 Å². The normalized spacial score (nSPS) is 11.8. The van der Waals surface area contributed by atoms with Gasteiger partial charge in [0.05, 0.1) is 19.8 Å². The van der Waals surface area contributed by atoms with Crippen LogP contribution in [0.5, 0.6) is 5.75 Å². The fourth-order valence-corrected chi connectivity index (χ4v) is 2.41. The highest BCUT2D eigenvalue weighted by molar-refractivity contribution is 6.30. The summed E-state index contributed by atoms with van der Waals surface area (Å²) in [6, 6.07) is 11.8. The summed E-state index contributed by atoms with van der Waals surface area (Å²) in [6.45, 7) is 0.882. The average molecular weight is 338 g/mol. The third-order valence-corrected chi connectivity index (χ3v) is 3.54. The van der Waals surface area contributed by atoms with Crippen LogP contribution in [0.1, 0.15) is 5.56 Å². The molecule has 0 saturated heterocycles. The molecule has 2 rings (SSSR count). The van der Waals surface area contributed by atoms with E-state index in [9.17, 15) is 9.18 Å². The van der Waals surface area contributed by atoms with E-state index in [1.54, 1.807) is 7.11 Å². The molecule has 0 saturated carbocycles. The second-order valence-corrected chi connectivity index (χ2v) is 5.77. The lowest BCUT2D eigenvalue weighted by Gasteiger charge is -2.14. The summed E-state index contributed by atoms with van der Waals surface area (Å²) in [6.07, 6.45) is 0. The number of methoxy groups -OCH3 is 1. The monoisotopic (exact) mass is 337 g/mol. The highest BCUT2D eigenvalue weighted by Crippen LogP contribution is 2.18. The Bertz CT molecular complexity index is 694. The Hall–Kier alpha value is -2.11. The number of rotatable bonds is 6. The van der Waals surface area contributed by atoms with E-state index in [1.807, 2.05) is 31.3 Å². The SMILES string of the molecule is COc1cccc(C[NH+](C)CC(=O)Nc2ccc(Cl)cc2F)c1. The maximum atomic E-state index is 13.7. The van der Waals surface area contributed by atoms with Gasteiger partial charge in [0.25, 0.3) is 5.91 Å². The number of benzene rings is 2.